The Morgan fingerprint density at radius 3 is 2.42 bits per heavy atom. The van der Waals surface area contributed by atoms with Crippen LogP contribution in [-0.4, -0.2) is 31.1 Å². The van der Waals surface area contributed by atoms with E-state index >= 15 is 0 Å². The van der Waals surface area contributed by atoms with Gasteiger partial charge in [-0.3, -0.25) is 4.90 Å². The fraction of sp³-hybridized carbons (Fsp3) is 0.400. The van der Waals surface area contributed by atoms with Crippen molar-refractivity contribution < 1.29 is 0 Å². The second-order valence-electron chi connectivity index (χ2n) is 6.63. The van der Waals surface area contributed by atoms with Crippen molar-refractivity contribution in [3.8, 4) is 0 Å². The summed E-state index contributed by atoms with van der Waals surface area (Å²) >= 11 is 12.7. The highest BCUT2D eigenvalue weighted by molar-refractivity contribution is 6.35. The molecule has 0 spiro atoms. The Hall–Kier alpha value is -1.06. The summed E-state index contributed by atoms with van der Waals surface area (Å²) in [5.41, 5.74) is 5.01. The minimum absolute atomic E-state index is 0.160. The lowest BCUT2D eigenvalue weighted by Gasteiger charge is -2.32. The highest BCUT2D eigenvalue weighted by Crippen LogP contribution is 2.35. The Labute approximate surface area is 154 Å². The van der Waals surface area contributed by atoms with Crippen LogP contribution in [0.5, 0.6) is 0 Å². The molecule has 2 aromatic carbocycles. The van der Waals surface area contributed by atoms with Gasteiger partial charge in [0.1, 0.15) is 0 Å². The zero-order valence-electron chi connectivity index (χ0n) is 14.3. The van der Waals surface area contributed by atoms with Gasteiger partial charge in [0, 0.05) is 29.7 Å². The lowest BCUT2D eigenvalue weighted by Crippen LogP contribution is -2.33. The van der Waals surface area contributed by atoms with E-state index in [1.165, 1.54) is 16.7 Å². The van der Waals surface area contributed by atoms with Crippen molar-refractivity contribution >= 4 is 23.2 Å². The molecule has 1 fully saturated rings. The Balaban J connectivity index is 2.08. The van der Waals surface area contributed by atoms with Crippen LogP contribution in [0.15, 0.2) is 36.4 Å². The van der Waals surface area contributed by atoms with E-state index in [0.717, 1.165) is 43.2 Å². The van der Waals surface area contributed by atoms with Gasteiger partial charge in [-0.25, -0.2) is 0 Å². The average molecular weight is 363 g/mol. The second kappa shape index (κ2) is 7.88. The van der Waals surface area contributed by atoms with Gasteiger partial charge >= 0.3 is 0 Å². The van der Waals surface area contributed by atoms with Gasteiger partial charge in [0.25, 0.3) is 0 Å². The third-order valence-electron chi connectivity index (χ3n) is 4.56. The molecule has 1 N–H and O–H groups in total. The monoisotopic (exact) mass is 362 g/mol. The first-order chi connectivity index (χ1) is 11.5. The van der Waals surface area contributed by atoms with Crippen LogP contribution in [0.1, 0.15) is 34.7 Å². The topological polar surface area (TPSA) is 15.3 Å². The maximum Gasteiger partial charge on any atom is 0.0617 e. The van der Waals surface area contributed by atoms with Crippen LogP contribution in [0.3, 0.4) is 0 Å². The predicted molar refractivity (Wildman–Crippen MR) is 103 cm³/mol. The molecule has 1 aliphatic rings. The standard InChI is InChI=1S/C20H24Cl2N2/c1-14-10-15(2)12-16(11-14)20(24-8-3-6-23-7-9-24)18-5-4-17(21)13-19(18)22/h4-5,10-13,20,23H,3,6-9H2,1-2H3. The largest absolute Gasteiger partial charge is 0.315 e. The van der Waals surface area contributed by atoms with E-state index in [0.29, 0.717) is 5.02 Å². The molecule has 1 aliphatic heterocycles. The van der Waals surface area contributed by atoms with Crippen LogP contribution in [0.25, 0.3) is 0 Å². The molecule has 0 saturated carbocycles. The van der Waals surface area contributed by atoms with E-state index in [4.69, 9.17) is 23.2 Å². The SMILES string of the molecule is Cc1cc(C)cc(C(c2ccc(Cl)cc2Cl)N2CCCNCC2)c1. The van der Waals surface area contributed by atoms with Crippen molar-refractivity contribution in [1.29, 1.82) is 0 Å². The number of aryl methyl sites for hydroxylation is 2. The van der Waals surface area contributed by atoms with Crippen LogP contribution in [-0.2, 0) is 0 Å². The molecule has 0 aromatic heterocycles. The quantitative estimate of drug-likeness (QED) is 0.826. The molecule has 128 valence electrons. The molecule has 2 nitrogen and oxygen atoms in total. The van der Waals surface area contributed by atoms with E-state index in [1.54, 1.807) is 0 Å². The van der Waals surface area contributed by atoms with Crippen molar-refractivity contribution in [1.82, 2.24) is 10.2 Å². The first-order valence-corrected chi connectivity index (χ1v) is 9.28. The van der Waals surface area contributed by atoms with Gasteiger partial charge < -0.3 is 5.32 Å². The third kappa shape index (κ3) is 4.12. The zero-order chi connectivity index (χ0) is 17.1. The number of nitrogens with one attached hydrogen (secondary N) is 1. The smallest absolute Gasteiger partial charge is 0.0617 e. The minimum atomic E-state index is 0.160. The molecular weight excluding hydrogens is 339 g/mol. The molecule has 0 aliphatic carbocycles. The summed E-state index contributed by atoms with van der Waals surface area (Å²) in [6.45, 7) is 8.46. The van der Waals surface area contributed by atoms with Gasteiger partial charge in [-0.05, 0) is 50.1 Å². The molecule has 1 atom stereocenters. The van der Waals surface area contributed by atoms with Gasteiger partial charge in [-0.15, -0.1) is 0 Å². The highest BCUT2D eigenvalue weighted by atomic mass is 35.5. The fourth-order valence-electron chi connectivity index (χ4n) is 3.60. The van der Waals surface area contributed by atoms with E-state index in [2.05, 4.69) is 48.3 Å². The molecule has 3 rings (SSSR count). The molecule has 0 amide bonds. The van der Waals surface area contributed by atoms with Crippen LogP contribution in [0, 0.1) is 13.8 Å². The van der Waals surface area contributed by atoms with Gasteiger partial charge in [0.2, 0.25) is 0 Å². The molecule has 1 unspecified atom stereocenters. The van der Waals surface area contributed by atoms with Crippen molar-refractivity contribution in [2.45, 2.75) is 26.3 Å². The summed E-state index contributed by atoms with van der Waals surface area (Å²) < 4.78 is 0. The lowest BCUT2D eigenvalue weighted by atomic mass is 9.94. The zero-order valence-corrected chi connectivity index (χ0v) is 15.8. The Morgan fingerprint density at radius 1 is 0.958 bits per heavy atom. The Morgan fingerprint density at radius 2 is 1.71 bits per heavy atom. The molecule has 1 saturated heterocycles. The first-order valence-electron chi connectivity index (χ1n) is 8.52. The van der Waals surface area contributed by atoms with E-state index in [1.807, 2.05) is 12.1 Å². The van der Waals surface area contributed by atoms with E-state index < -0.39 is 0 Å². The summed E-state index contributed by atoms with van der Waals surface area (Å²) in [6, 6.07) is 12.8. The van der Waals surface area contributed by atoms with Crippen molar-refractivity contribution in [2.75, 3.05) is 26.2 Å². The summed E-state index contributed by atoms with van der Waals surface area (Å²) in [5, 5.41) is 4.91. The second-order valence-corrected chi connectivity index (χ2v) is 7.47. The van der Waals surface area contributed by atoms with Crippen molar-refractivity contribution in [3.05, 3.63) is 68.7 Å². The summed E-state index contributed by atoms with van der Waals surface area (Å²) in [7, 11) is 0. The van der Waals surface area contributed by atoms with Gasteiger partial charge in [-0.2, -0.15) is 0 Å². The molecule has 0 bridgehead atoms. The van der Waals surface area contributed by atoms with E-state index in [9.17, 15) is 0 Å². The van der Waals surface area contributed by atoms with Gasteiger partial charge in [0.15, 0.2) is 0 Å². The minimum Gasteiger partial charge on any atom is -0.315 e. The normalized spacial score (nSPS) is 17.5. The molecular formula is C20H24Cl2N2. The third-order valence-corrected chi connectivity index (χ3v) is 5.12. The van der Waals surface area contributed by atoms with Crippen LogP contribution < -0.4 is 5.32 Å². The number of hydrogen-bond acceptors (Lipinski definition) is 2. The predicted octanol–water partition coefficient (Wildman–Crippen LogP) is 4.99. The van der Waals surface area contributed by atoms with Crippen LogP contribution in [0.2, 0.25) is 10.0 Å². The Kier molecular flexibility index (Phi) is 5.83. The average Bonchev–Trinajstić information content (AvgIpc) is 2.78. The van der Waals surface area contributed by atoms with Crippen LogP contribution in [0.4, 0.5) is 0 Å². The van der Waals surface area contributed by atoms with Crippen molar-refractivity contribution in [2.24, 2.45) is 0 Å². The van der Waals surface area contributed by atoms with Crippen molar-refractivity contribution in [3.63, 3.8) is 0 Å². The molecule has 24 heavy (non-hydrogen) atoms. The molecule has 1 heterocycles. The first kappa shape index (κ1) is 17.8. The fourth-order valence-corrected chi connectivity index (χ4v) is 4.11. The number of benzene rings is 2. The highest BCUT2D eigenvalue weighted by Gasteiger charge is 2.25. The number of nitrogens with zero attached hydrogens (tertiary/aromatic N) is 1. The number of hydrogen-bond donors (Lipinski definition) is 1. The molecule has 4 heteroatoms. The van der Waals surface area contributed by atoms with E-state index in [-0.39, 0.29) is 6.04 Å². The van der Waals surface area contributed by atoms with Gasteiger partial charge in [0.05, 0.1) is 6.04 Å². The number of halogens is 2. The molecule has 0 radical (unpaired) electrons. The van der Waals surface area contributed by atoms with Crippen LogP contribution >= 0.6 is 23.2 Å². The number of rotatable bonds is 3. The maximum atomic E-state index is 6.59. The lowest BCUT2D eigenvalue weighted by molar-refractivity contribution is 0.241. The summed E-state index contributed by atoms with van der Waals surface area (Å²) in [6.07, 6.45) is 1.15. The Bertz CT molecular complexity index is 687. The summed E-state index contributed by atoms with van der Waals surface area (Å²) in [4.78, 5) is 2.53. The molecule has 2 aromatic rings. The maximum absolute atomic E-state index is 6.59. The van der Waals surface area contributed by atoms with Gasteiger partial charge in [-0.1, -0.05) is 58.6 Å². The summed E-state index contributed by atoms with van der Waals surface area (Å²) in [5.74, 6) is 0.